The zero-order valence-electron chi connectivity index (χ0n) is 15.4. The molecule has 0 aromatic rings. The minimum atomic E-state index is 0.188. The van der Waals surface area contributed by atoms with Crippen molar-refractivity contribution in [3.05, 3.63) is 0 Å². The van der Waals surface area contributed by atoms with Crippen LogP contribution in [-0.2, 0) is 4.79 Å². The molecule has 5 heteroatoms. The Morgan fingerprint density at radius 2 is 1.96 bits per heavy atom. The SMILES string of the molecule is CCC(CO)N1CCN(CC(=O)NC(C)C2CC3CCC2C3)CC1. The van der Waals surface area contributed by atoms with Crippen molar-refractivity contribution in [1.29, 1.82) is 0 Å². The second kappa shape index (κ2) is 8.15. The number of hydrogen-bond donors (Lipinski definition) is 2. The lowest BCUT2D eigenvalue weighted by molar-refractivity contribution is -0.123. The van der Waals surface area contributed by atoms with Gasteiger partial charge in [-0.1, -0.05) is 13.3 Å². The Hall–Kier alpha value is -0.650. The monoisotopic (exact) mass is 337 g/mol. The first-order chi connectivity index (χ1) is 11.6. The van der Waals surface area contributed by atoms with Gasteiger partial charge in [-0.2, -0.15) is 0 Å². The van der Waals surface area contributed by atoms with Crippen LogP contribution in [0.25, 0.3) is 0 Å². The predicted octanol–water partition coefficient (Wildman–Crippen LogP) is 1.32. The number of hydrogen-bond acceptors (Lipinski definition) is 4. The maximum atomic E-state index is 12.4. The summed E-state index contributed by atoms with van der Waals surface area (Å²) in [4.78, 5) is 17.0. The van der Waals surface area contributed by atoms with Crippen LogP contribution >= 0.6 is 0 Å². The van der Waals surface area contributed by atoms with Gasteiger partial charge in [-0.05, 0) is 50.4 Å². The second-order valence-corrected chi connectivity index (χ2v) is 8.25. The van der Waals surface area contributed by atoms with Crippen molar-refractivity contribution in [1.82, 2.24) is 15.1 Å². The van der Waals surface area contributed by atoms with Crippen LogP contribution in [0.15, 0.2) is 0 Å². The highest BCUT2D eigenvalue weighted by Gasteiger charge is 2.42. The Bertz CT molecular complexity index is 419. The minimum absolute atomic E-state index is 0.188. The van der Waals surface area contributed by atoms with Crippen molar-refractivity contribution in [3.63, 3.8) is 0 Å². The molecular weight excluding hydrogens is 302 g/mol. The van der Waals surface area contributed by atoms with Crippen LogP contribution in [0.3, 0.4) is 0 Å². The lowest BCUT2D eigenvalue weighted by atomic mass is 9.84. The Balaban J connectivity index is 1.38. The van der Waals surface area contributed by atoms with E-state index in [1.807, 2.05) is 0 Å². The number of aliphatic hydroxyl groups excluding tert-OH is 1. The van der Waals surface area contributed by atoms with Gasteiger partial charge in [0, 0.05) is 38.3 Å². The third kappa shape index (κ3) is 4.12. The average Bonchev–Trinajstić information content (AvgIpc) is 3.20. The molecule has 3 fully saturated rings. The number of carbonyl (C=O) groups excluding carboxylic acids is 1. The molecule has 2 saturated carbocycles. The lowest BCUT2D eigenvalue weighted by Gasteiger charge is -2.38. The van der Waals surface area contributed by atoms with E-state index >= 15 is 0 Å². The fraction of sp³-hybridized carbons (Fsp3) is 0.947. The Kier molecular flexibility index (Phi) is 6.17. The summed E-state index contributed by atoms with van der Waals surface area (Å²) < 4.78 is 0. The molecule has 0 aromatic heterocycles. The van der Waals surface area contributed by atoms with Gasteiger partial charge in [0.25, 0.3) is 0 Å². The van der Waals surface area contributed by atoms with Gasteiger partial charge in [0.1, 0.15) is 0 Å². The van der Waals surface area contributed by atoms with Gasteiger partial charge in [0.15, 0.2) is 0 Å². The van der Waals surface area contributed by atoms with Crippen LogP contribution in [0.5, 0.6) is 0 Å². The summed E-state index contributed by atoms with van der Waals surface area (Å²) >= 11 is 0. The molecule has 0 aromatic carbocycles. The van der Waals surface area contributed by atoms with Crippen LogP contribution < -0.4 is 5.32 Å². The maximum absolute atomic E-state index is 12.4. The topological polar surface area (TPSA) is 55.8 Å². The molecule has 1 heterocycles. The standard InChI is InChI=1S/C19H35N3O2/c1-3-17(13-23)22-8-6-21(7-9-22)12-19(24)20-14(2)18-11-15-4-5-16(18)10-15/h14-18,23H,3-13H2,1-2H3,(H,20,24). The molecule has 0 radical (unpaired) electrons. The summed E-state index contributed by atoms with van der Waals surface area (Å²) in [7, 11) is 0. The molecule has 1 aliphatic heterocycles. The molecule has 1 amide bonds. The van der Waals surface area contributed by atoms with E-state index in [0.717, 1.165) is 44.4 Å². The largest absolute Gasteiger partial charge is 0.395 e. The number of nitrogens with zero attached hydrogens (tertiary/aromatic N) is 2. The molecule has 3 aliphatic rings. The predicted molar refractivity (Wildman–Crippen MR) is 95.7 cm³/mol. The van der Waals surface area contributed by atoms with Crippen molar-refractivity contribution < 1.29 is 9.90 Å². The van der Waals surface area contributed by atoms with Crippen molar-refractivity contribution >= 4 is 5.91 Å². The molecule has 5 unspecified atom stereocenters. The van der Waals surface area contributed by atoms with Gasteiger partial charge < -0.3 is 10.4 Å². The van der Waals surface area contributed by atoms with Crippen molar-refractivity contribution in [2.45, 2.75) is 58.0 Å². The number of carbonyl (C=O) groups is 1. The number of piperazine rings is 1. The second-order valence-electron chi connectivity index (χ2n) is 8.25. The van der Waals surface area contributed by atoms with E-state index in [1.165, 1.54) is 25.7 Å². The number of nitrogens with one attached hydrogen (secondary N) is 1. The van der Waals surface area contributed by atoms with Crippen LogP contribution in [0.4, 0.5) is 0 Å². The molecule has 2 aliphatic carbocycles. The van der Waals surface area contributed by atoms with Gasteiger partial charge >= 0.3 is 0 Å². The van der Waals surface area contributed by atoms with Gasteiger partial charge in [0.05, 0.1) is 13.2 Å². The number of fused-ring (bicyclic) bond motifs is 2. The Morgan fingerprint density at radius 3 is 2.50 bits per heavy atom. The fourth-order valence-electron chi connectivity index (χ4n) is 5.31. The first kappa shape index (κ1) is 18.2. The van der Waals surface area contributed by atoms with Crippen molar-refractivity contribution in [3.8, 4) is 0 Å². The number of amides is 1. The lowest BCUT2D eigenvalue weighted by Crippen LogP contribution is -2.53. The normalized spacial score (nSPS) is 33.5. The zero-order valence-corrected chi connectivity index (χ0v) is 15.4. The third-order valence-corrected chi connectivity index (χ3v) is 6.80. The molecule has 1 saturated heterocycles. The Morgan fingerprint density at radius 1 is 1.21 bits per heavy atom. The van der Waals surface area contributed by atoms with E-state index in [2.05, 4.69) is 29.0 Å². The molecule has 5 atom stereocenters. The summed E-state index contributed by atoms with van der Waals surface area (Å²) in [6.07, 6.45) is 6.50. The van der Waals surface area contributed by atoms with Gasteiger partial charge in [-0.25, -0.2) is 0 Å². The first-order valence-electron chi connectivity index (χ1n) is 9.97. The molecule has 2 bridgehead atoms. The average molecular weight is 338 g/mol. The number of aliphatic hydroxyl groups is 1. The van der Waals surface area contributed by atoms with E-state index in [9.17, 15) is 9.90 Å². The number of rotatable bonds is 7. The van der Waals surface area contributed by atoms with Crippen LogP contribution in [0.2, 0.25) is 0 Å². The van der Waals surface area contributed by atoms with Crippen molar-refractivity contribution in [2.24, 2.45) is 17.8 Å². The molecule has 5 nitrogen and oxygen atoms in total. The van der Waals surface area contributed by atoms with Crippen LogP contribution in [-0.4, -0.2) is 72.2 Å². The highest BCUT2D eigenvalue weighted by atomic mass is 16.3. The highest BCUT2D eigenvalue weighted by molar-refractivity contribution is 5.78. The molecule has 0 spiro atoms. The first-order valence-corrected chi connectivity index (χ1v) is 9.97. The van der Waals surface area contributed by atoms with Gasteiger partial charge in [-0.15, -0.1) is 0 Å². The quantitative estimate of drug-likeness (QED) is 0.736. The summed E-state index contributed by atoms with van der Waals surface area (Å²) in [5.41, 5.74) is 0. The van der Waals surface area contributed by atoms with E-state index < -0.39 is 0 Å². The Labute approximate surface area is 146 Å². The van der Waals surface area contributed by atoms with Gasteiger partial charge in [0.2, 0.25) is 5.91 Å². The molecule has 24 heavy (non-hydrogen) atoms. The zero-order chi connectivity index (χ0) is 17.1. The molecule has 138 valence electrons. The molecule has 2 N–H and O–H groups in total. The van der Waals surface area contributed by atoms with E-state index in [4.69, 9.17) is 0 Å². The summed E-state index contributed by atoms with van der Waals surface area (Å²) in [5, 5.41) is 12.7. The summed E-state index contributed by atoms with van der Waals surface area (Å²) in [5.74, 6) is 2.69. The molecular formula is C19H35N3O2. The van der Waals surface area contributed by atoms with E-state index in [1.54, 1.807) is 0 Å². The fourth-order valence-corrected chi connectivity index (χ4v) is 5.31. The summed E-state index contributed by atoms with van der Waals surface area (Å²) in [6, 6.07) is 0.603. The molecule has 3 rings (SSSR count). The summed E-state index contributed by atoms with van der Waals surface area (Å²) in [6.45, 7) is 8.83. The minimum Gasteiger partial charge on any atom is -0.395 e. The van der Waals surface area contributed by atoms with E-state index in [0.29, 0.717) is 18.5 Å². The smallest absolute Gasteiger partial charge is 0.234 e. The maximum Gasteiger partial charge on any atom is 0.234 e. The van der Waals surface area contributed by atoms with Crippen LogP contribution in [0, 0.1) is 17.8 Å². The van der Waals surface area contributed by atoms with E-state index in [-0.39, 0.29) is 18.6 Å². The van der Waals surface area contributed by atoms with Gasteiger partial charge in [-0.3, -0.25) is 14.6 Å². The highest BCUT2D eigenvalue weighted by Crippen LogP contribution is 2.49. The van der Waals surface area contributed by atoms with Crippen LogP contribution in [0.1, 0.15) is 46.0 Å². The van der Waals surface area contributed by atoms with Crippen molar-refractivity contribution in [2.75, 3.05) is 39.3 Å². The third-order valence-electron chi connectivity index (χ3n) is 6.80.